The third-order valence-corrected chi connectivity index (χ3v) is 5.61. The van der Waals surface area contributed by atoms with Crippen LogP contribution in [0.15, 0.2) is 44.6 Å². The topological polar surface area (TPSA) is 29.1 Å². The van der Waals surface area contributed by atoms with Crippen molar-refractivity contribution in [2.75, 3.05) is 11.2 Å². The maximum atomic E-state index is 13.2. The van der Waals surface area contributed by atoms with Gasteiger partial charge in [0.1, 0.15) is 0 Å². The molecular weight excluding hydrogens is 439 g/mol. The number of rotatable bonds is 3. The summed E-state index contributed by atoms with van der Waals surface area (Å²) in [6.07, 6.45) is -3.98. The minimum atomic E-state index is -4.49. The molecule has 1 heterocycles. The average molecular weight is 451 g/mol. The molecule has 25 heavy (non-hydrogen) atoms. The van der Waals surface area contributed by atoms with Gasteiger partial charge in [-0.25, -0.2) is 0 Å². The van der Waals surface area contributed by atoms with Crippen molar-refractivity contribution in [3.05, 3.63) is 51.5 Å². The highest BCUT2D eigenvalue weighted by Gasteiger charge is 2.33. The molecule has 0 bridgehead atoms. The van der Waals surface area contributed by atoms with Crippen molar-refractivity contribution in [2.45, 2.75) is 28.8 Å². The zero-order chi connectivity index (χ0) is 18.2. The first kappa shape index (κ1) is 18.6. The van der Waals surface area contributed by atoms with Crippen LogP contribution in [0.2, 0.25) is 0 Å². The number of carbonyl (C=O) groups is 1. The highest BCUT2D eigenvalue weighted by atomic mass is 79.9. The quantitative estimate of drug-likeness (QED) is 0.489. The molecule has 132 valence electrons. The predicted molar refractivity (Wildman–Crippen MR) is 96.5 cm³/mol. The van der Waals surface area contributed by atoms with Crippen molar-refractivity contribution in [1.82, 2.24) is 0 Å². The fourth-order valence-electron chi connectivity index (χ4n) is 2.57. The van der Waals surface area contributed by atoms with Gasteiger partial charge in [-0.2, -0.15) is 13.2 Å². The molecule has 1 amide bonds. The molecule has 0 aromatic heterocycles. The van der Waals surface area contributed by atoms with Gasteiger partial charge in [0.05, 0.1) is 5.56 Å². The fourth-order valence-corrected chi connectivity index (χ4v) is 4.44. The zero-order valence-corrected chi connectivity index (χ0v) is 15.9. The molecule has 1 N–H and O–H groups in total. The van der Waals surface area contributed by atoms with Crippen molar-refractivity contribution in [3.63, 3.8) is 0 Å². The maximum absolute atomic E-state index is 13.2. The van der Waals surface area contributed by atoms with Gasteiger partial charge in [0.15, 0.2) is 0 Å². The summed E-state index contributed by atoms with van der Waals surface area (Å²) in [4.78, 5) is 13.3. The third kappa shape index (κ3) is 4.15. The van der Waals surface area contributed by atoms with E-state index >= 15 is 0 Å². The van der Waals surface area contributed by atoms with Gasteiger partial charge >= 0.3 is 6.18 Å². The Morgan fingerprint density at radius 1 is 1.24 bits per heavy atom. The summed E-state index contributed by atoms with van der Waals surface area (Å²) in [5.41, 5.74) is 1.11. The Labute approximate surface area is 160 Å². The molecule has 2 aromatic rings. The van der Waals surface area contributed by atoms with Crippen LogP contribution < -0.4 is 5.32 Å². The summed E-state index contributed by atoms with van der Waals surface area (Å²) in [7, 11) is 0. The highest BCUT2D eigenvalue weighted by molar-refractivity contribution is 9.10. The second kappa shape index (κ2) is 7.21. The lowest BCUT2D eigenvalue weighted by Crippen LogP contribution is -2.16. The molecule has 0 saturated carbocycles. The number of anilines is 1. The number of fused-ring (bicyclic) bond motifs is 2. The normalized spacial score (nSPS) is 13.2. The van der Waals surface area contributed by atoms with E-state index in [2.05, 4.69) is 21.2 Å². The maximum Gasteiger partial charge on any atom is 0.416 e. The molecule has 0 atom stereocenters. The monoisotopic (exact) mass is 449 g/mol. The molecule has 0 aliphatic carbocycles. The van der Waals surface area contributed by atoms with Gasteiger partial charge in [-0.15, -0.1) is 11.6 Å². The Balaban J connectivity index is 2.07. The van der Waals surface area contributed by atoms with Gasteiger partial charge in [-0.3, -0.25) is 4.79 Å². The summed E-state index contributed by atoms with van der Waals surface area (Å²) < 4.78 is 40.6. The van der Waals surface area contributed by atoms with Crippen molar-refractivity contribution < 1.29 is 18.0 Å². The van der Waals surface area contributed by atoms with Gasteiger partial charge in [0, 0.05) is 38.7 Å². The number of carbonyl (C=O) groups excluding carboxylic acids is 1. The van der Waals surface area contributed by atoms with Crippen LogP contribution in [0.3, 0.4) is 0 Å². The zero-order valence-electron chi connectivity index (χ0n) is 12.7. The summed E-state index contributed by atoms with van der Waals surface area (Å²) in [5.74, 6) is -0.290. The molecule has 0 unspecified atom stereocenters. The van der Waals surface area contributed by atoms with E-state index in [0.717, 1.165) is 27.1 Å². The number of nitrogens with one attached hydrogen (secondary N) is 1. The van der Waals surface area contributed by atoms with E-state index in [-0.39, 0.29) is 18.0 Å². The Bertz CT molecular complexity index is 841. The Kier molecular flexibility index (Phi) is 5.37. The molecule has 0 fully saturated rings. The van der Waals surface area contributed by atoms with Crippen molar-refractivity contribution >= 4 is 50.9 Å². The van der Waals surface area contributed by atoms with Crippen molar-refractivity contribution in [2.24, 2.45) is 0 Å². The highest BCUT2D eigenvalue weighted by Crippen LogP contribution is 2.46. The lowest BCUT2D eigenvalue weighted by molar-refractivity contribution is -0.137. The van der Waals surface area contributed by atoms with Gasteiger partial charge in [-0.05, 0) is 35.4 Å². The largest absolute Gasteiger partial charge is 0.416 e. The molecule has 2 nitrogen and oxygen atoms in total. The van der Waals surface area contributed by atoms with Gasteiger partial charge in [-0.1, -0.05) is 33.8 Å². The van der Waals surface area contributed by atoms with Crippen LogP contribution in [0.25, 0.3) is 0 Å². The predicted octanol–water partition coefficient (Wildman–Crippen LogP) is 6.09. The lowest BCUT2D eigenvalue weighted by Gasteiger charge is -2.24. The second-order valence-electron chi connectivity index (χ2n) is 5.52. The smallest absolute Gasteiger partial charge is 0.326 e. The molecule has 1 aliphatic rings. The minimum Gasteiger partial charge on any atom is -0.326 e. The van der Waals surface area contributed by atoms with E-state index in [1.54, 1.807) is 0 Å². The number of alkyl halides is 4. The number of amides is 1. The Morgan fingerprint density at radius 3 is 2.68 bits per heavy atom. The van der Waals surface area contributed by atoms with Crippen LogP contribution in [-0.2, 0) is 17.4 Å². The van der Waals surface area contributed by atoms with E-state index in [9.17, 15) is 18.0 Å². The first-order chi connectivity index (χ1) is 11.8. The molecule has 2 aromatic carbocycles. The van der Waals surface area contributed by atoms with E-state index in [1.165, 1.54) is 11.8 Å². The number of benzene rings is 2. The number of hydrogen-bond acceptors (Lipinski definition) is 2. The second-order valence-corrected chi connectivity index (χ2v) is 7.89. The van der Waals surface area contributed by atoms with Gasteiger partial charge in [0.25, 0.3) is 0 Å². The SMILES string of the molecule is O=C(CCCl)Nc1cc(C(F)(F)F)cc2c1Cc1ccc(Br)cc1S2. The van der Waals surface area contributed by atoms with Crippen LogP contribution in [0.4, 0.5) is 18.9 Å². The van der Waals surface area contributed by atoms with E-state index < -0.39 is 17.6 Å². The summed E-state index contributed by atoms with van der Waals surface area (Å²) in [6, 6.07) is 7.84. The van der Waals surface area contributed by atoms with E-state index in [1.807, 2.05) is 18.2 Å². The van der Waals surface area contributed by atoms with Gasteiger partial charge < -0.3 is 5.32 Å². The molecule has 3 rings (SSSR count). The minimum absolute atomic E-state index is 0.0449. The molecule has 0 spiro atoms. The van der Waals surface area contributed by atoms with E-state index in [4.69, 9.17) is 11.6 Å². The molecule has 8 heteroatoms. The summed E-state index contributed by atoms with van der Waals surface area (Å²) in [6.45, 7) is 0. The van der Waals surface area contributed by atoms with Crippen molar-refractivity contribution in [1.29, 1.82) is 0 Å². The first-order valence-electron chi connectivity index (χ1n) is 7.34. The third-order valence-electron chi connectivity index (χ3n) is 3.75. The number of halogens is 5. The van der Waals surface area contributed by atoms with Crippen LogP contribution in [0.5, 0.6) is 0 Å². The van der Waals surface area contributed by atoms with Crippen LogP contribution in [0, 0.1) is 0 Å². The Morgan fingerprint density at radius 2 is 2.00 bits per heavy atom. The summed E-state index contributed by atoms with van der Waals surface area (Å²) >= 11 is 10.2. The van der Waals surface area contributed by atoms with E-state index in [0.29, 0.717) is 16.9 Å². The molecule has 0 radical (unpaired) electrons. The molecular formula is C17H12BrClF3NOS. The average Bonchev–Trinajstić information content (AvgIpc) is 2.52. The standard InChI is InChI=1S/C17H12BrClF3NOS/c18-11-2-1-9-5-12-13(23-16(24)3-4-19)6-10(17(20,21)22)7-15(12)25-14(9)8-11/h1-2,6-8H,3-5H2,(H,23,24). The van der Waals surface area contributed by atoms with Crippen molar-refractivity contribution in [3.8, 4) is 0 Å². The Hall–Kier alpha value is -1.18. The number of hydrogen-bond donors (Lipinski definition) is 1. The summed E-state index contributed by atoms with van der Waals surface area (Å²) in [5, 5.41) is 2.58. The fraction of sp³-hybridized carbons (Fsp3) is 0.235. The lowest BCUT2D eigenvalue weighted by atomic mass is 10.00. The van der Waals surface area contributed by atoms with Crippen LogP contribution in [-0.4, -0.2) is 11.8 Å². The van der Waals surface area contributed by atoms with Crippen LogP contribution in [0.1, 0.15) is 23.1 Å². The van der Waals surface area contributed by atoms with Crippen LogP contribution >= 0.6 is 39.3 Å². The first-order valence-corrected chi connectivity index (χ1v) is 9.48. The molecule has 0 saturated heterocycles. The van der Waals surface area contributed by atoms with Gasteiger partial charge in [0.2, 0.25) is 5.91 Å². The molecule has 1 aliphatic heterocycles.